The van der Waals surface area contributed by atoms with E-state index in [1.807, 2.05) is 41.1 Å². The molecule has 2 aliphatic rings. The molecule has 0 radical (unpaired) electrons. The fourth-order valence-corrected chi connectivity index (χ4v) is 5.18. The van der Waals surface area contributed by atoms with E-state index < -0.39 is 6.09 Å². The van der Waals surface area contributed by atoms with Crippen molar-refractivity contribution in [1.82, 2.24) is 30.4 Å². The number of ether oxygens (including phenoxy) is 2. The van der Waals surface area contributed by atoms with Crippen molar-refractivity contribution in [2.45, 2.75) is 44.2 Å². The lowest BCUT2D eigenvalue weighted by atomic mass is 9.79. The van der Waals surface area contributed by atoms with E-state index in [1.165, 1.54) is 19.3 Å². The van der Waals surface area contributed by atoms with Crippen molar-refractivity contribution >= 4 is 16.9 Å². The standard InChI is InChI=1S/C24H30N6O3/c31-23(33-21-10-6-8-19-7-2-3-9-20(19)21)25-13-14-30-22(26-27-28-30)24(11-4-1-5-12-24)29-15-17-32-18-16-29/h2-3,6-10H,1,4-5,11-18H2,(H,25,31). The number of aromatic nitrogens is 4. The summed E-state index contributed by atoms with van der Waals surface area (Å²) in [5.41, 5.74) is -0.158. The number of carbonyl (C=O) groups excluding carboxylic acids is 1. The van der Waals surface area contributed by atoms with Crippen molar-refractivity contribution in [3.63, 3.8) is 0 Å². The van der Waals surface area contributed by atoms with Crippen LogP contribution in [0.15, 0.2) is 42.5 Å². The van der Waals surface area contributed by atoms with Crippen molar-refractivity contribution in [3.05, 3.63) is 48.3 Å². The molecule has 0 bridgehead atoms. The molecule has 9 heteroatoms. The highest BCUT2D eigenvalue weighted by Crippen LogP contribution is 2.41. The van der Waals surface area contributed by atoms with Gasteiger partial charge in [-0.05, 0) is 34.7 Å². The summed E-state index contributed by atoms with van der Waals surface area (Å²) in [7, 11) is 0. The minimum atomic E-state index is -0.485. The van der Waals surface area contributed by atoms with E-state index >= 15 is 0 Å². The van der Waals surface area contributed by atoms with Gasteiger partial charge in [-0.2, -0.15) is 0 Å². The highest BCUT2D eigenvalue weighted by Gasteiger charge is 2.44. The largest absolute Gasteiger partial charge is 0.412 e. The van der Waals surface area contributed by atoms with Gasteiger partial charge in [0.2, 0.25) is 0 Å². The van der Waals surface area contributed by atoms with Gasteiger partial charge in [0.15, 0.2) is 5.82 Å². The Kier molecular flexibility index (Phi) is 6.50. The number of rotatable bonds is 6. The molecule has 0 spiro atoms. The molecule has 5 rings (SSSR count). The SMILES string of the molecule is O=C(NCCn1nnnc1C1(N2CCOCC2)CCCCC1)Oc1cccc2ccccc12. The first kappa shape index (κ1) is 21.8. The molecule has 1 amide bonds. The average molecular weight is 451 g/mol. The molecule has 2 fully saturated rings. The number of carbonyl (C=O) groups is 1. The molecule has 0 atom stereocenters. The van der Waals surface area contributed by atoms with Crippen LogP contribution in [-0.2, 0) is 16.8 Å². The maximum atomic E-state index is 12.5. The van der Waals surface area contributed by atoms with Crippen LogP contribution in [0.25, 0.3) is 10.8 Å². The molecule has 2 heterocycles. The van der Waals surface area contributed by atoms with Gasteiger partial charge in [0.25, 0.3) is 0 Å². The molecule has 1 saturated heterocycles. The lowest BCUT2D eigenvalue weighted by Gasteiger charge is -2.46. The fraction of sp³-hybridized carbons (Fsp3) is 0.500. The van der Waals surface area contributed by atoms with E-state index in [0.29, 0.717) is 18.8 Å². The van der Waals surface area contributed by atoms with Crippen LogP contribution in [-0.4, -0.2) is 64.0 Å². The smallest absolute Gasteiger partial charge is 0.410 e. The number of nitrogens with one attached hydrogen (secondary N) is 1. The maximum absolute atomic E-state index is 12.5. The molecule has 1 saturated carbocycles. The maximum Gasteiger partial charge on any atom is 0.412 e. The first-order valence-electron chi connectivity index (χ1n) is 11.8. The summed E-state index contributed by atoms with van der Waals surface area (Å²) in [6, 6.07) is 13.5. The van der Waals surface area contributed by atoms with Gasteiger partial charge >= 0.3 is 6.09 Å². The number of fused-ring (bicyclic) bond motifs is 1. The van der Waals surface area contributed by atoms with Crippen LogP contribution < -0.4 is 10.1 Å². The molecule has 9 nitrogen and oxygen atoms in total. The first-order chi connectivity index (χ1) is 16.3. The molecule has 1 aromatic heterocycles. The number of morpholine rings is 1. The van der Waals surface area contributed by atoms with Crippen LogP contribution in [0.5, 0.6) is 5.75 Å². The lowest BCUT2D eigenvalue weighted by Crippen LogP contribution is -2.53. The Labute approximate surface area is 193 Å². The number of nitrogens with zero attached hydrogens (tertiary/aromatic N) is 5. The summed E-state index contributed by atoms with van der Waals surface area (Å²) in [5, 5.41) is 17.5. The van der Waals surface area contributed by atoms with Gasteiger partial charge in [-0.25, -0.2) is 9.48 Å². The van der Waals surface area contributed by atoms with Crippen LogP contribution in [0.1, 0.15) is 37.9 Å². The zero-order valence-electron chi connectivity index (χ0n) is 18.8. The van der Waals surface area contributed by atoms with Gasteiger partial charge in [0, 0.05) is 25.0 Å². The summed E-state index contributed by atoms with van der Waals surface area (Å²) in [6.07, 6.45) is 5.18. The lowest BCUT2D eigenvalue weighted by molar-refractivity contribution is -0.0460. The summed E-state index contributed by atoms with van der Waals surface area (Å²) >= 11 is 0. The fourth-order valence-electron chi connectivity index (χ4n) is 5.18. The quantitative estimate of drug-likeness (QED) is 0.617. The van der Waals surface area contributed by atoms with Crippen molar-refractivity contribution in [2.24, 2.45) is 0 Å². The third kappa shape index (κ3) is 4.56. The molecule has 33 heavy (non-hydrogen) atoms. The Balaban J connectivity index is 1.25. The zero-order valence-corrected chi connectivity index (χ0v) is 18.8. The van der Waals surface area contributed by atoms with Gasteiger partial charge in [-0.3, -0.25) is 4.90 Å². The van der Waals surface area contributed by atoms with E-state index in [9.17, 15) is 4.79 Å². The van der Waals surface area contributed by atoms with E-state index in [-0.39, 0.29) is 5.54 Å². The van der Waals surface area contributed by atoms with Gasteiger partial charge in [-0.15, -0.1) is 5.10 Å². The highest BCUT2D eigenvalue weighted by atomic mass is 16.6. The van der Waals surface area contributed by atoms with Crippen LogP contribution in [0, 0.1) is 0 Å². The van der Waals surface area contributed by atoms with Crippen LogP contribution in [0.2, 0.25) is 0 Å². The van der Waals surface area contributed by atoms with Gasteiger partial charge < -0.3 is 14.8 Å². The molecular formula is C24H30N6O3. The van der Waals surface area contributed by atoms with Gasteiger partial charge in [-0.1, -0.05) is 55.7 Å². The van der Waals surface area contributed by atoms with E-state index in [1.54, 1.807) is 6.07 Å². The number of hydrogen-bond donors (Lipinski definition) is 1. The molecule has 0 unspecified atom stereocenters. The summed E-state index contributed by atoms with van der Waals surface area (Å²) < 4.78 is 13.0. The van der Waals surface area contributed by atoms with E-state index in [4.69, 9.17) is 9.47 Å². The van der Waals surface area contributed by atoms with E-state index in [2.05, 4.69) is 25.7 Å². The van der Waals surface area contributed by atoms with Crippen molar-refractivity contribution in [3.8, 4) is 5.75 Å². The predicted molar refractivity (Wildman–Crippen MR) is 123 cm³/mol. The second-order valence-corrected chi connectivity index (χ2v) is 8.71. The third-order valence-electron chi connectivity index (χ3n) is 6.79. The Morgan fingerprint density at radius 1 is 1.06 bits per heavy atom. The first-order valence-corrected chi connectivity index (χ1v) is 11.8. The number of hydrogen-bond acceptors (Lipinski definition) is 7. The Hall–Kier alpha value is -3.04. The van der Waals surface area contributed by atoms with Crippen LogP contribution in [0.4, 0.5) is 4.79 Å². The molecular weight excluding hydrogens is 420 g/mol. The monoisotopic (exact) mass is 450 g/mol. The Morgan fingerprint density at radius 3 is 2.70 bits per heavy atom. The molecule has 174 valence electrons. The second kappa shape index (κ2) is 9.84. The predicted octanol–water partition coefficient (Wildman–Crippen LogP) is 3.11. The third-order valence-corrected chi connectivity index (χ3v) is 6.79. The second-order valence-electron chi connectivity index (χ2n) is 8.71. The number of tetrazole rings is 1. The normalized spacial score (nSPS) is 18.8. The Bertz CT molecular complexity index is 1080. The minimum absolute atomic E-state index is 0.158. The van der Waals surface area contributed by atoms with Crippen molar-refractivity contribution in [2.75, 3.05) is 32.8 Å². The van der Waals surface area contributed by atoms with Gasteiger partial charge in [0.05, 0.1) is 25.3 Å². The van der Waals surface area contributed by atoms with E-state index in [0.717, 1.165) is 55.7 Å². The number of benzene rings is 2. The van der Waals surface area contributed by atoms with Crippen LogP contribution in [0.3, 0.4) is 0 Å². The van der Waals surface area contributed by atoms with Crippen molar-refractivity contribution in [1.29, 1.82) is 0 Å². The molecule has 2 aromatic carbocycles. The molecule has 3 aromatic rings. The topological polar surface area (TPSA) is 94.4 Å². The average Bonchev–Trinajstić information content (AvgIpc) is 3.34. The zero-order chi connectivity index (χ0) is 22.5. The number of amides is 1. The summed E-state index contributed by atoms with van der Waals surface area (Å²) in [6.45, 7) is 4.13. The van der Waals surface area contributed by atoms with Crippen LogP contribution >= 0.6 is 0 Å². The van der Waals surface area contributed by atoms with Gasteiger partial charge in [0.1, 0.15) is 5.75 Å². The highest BCUT2D eigenvalue weighted by molar-refractivity contribution is 5.90. The molecule has 1 aliphatic carbocycles. The Morgan fingerprint density at radius 2 is 1.85 bits per heavy atom. The van der Waals surface area contributed by atoms with Crippen molar-refractivity contribution < 1.29 is 14.3 Å². The summed E-state index contributed by atoms with van der Waals surface area (Å²) in [4.78, 5) is 15.0. The summed E-state index contributed by atoms with van der Waals surface area (Å²) in [5.74, 6) is 1.44. The molecule has 1 aliphatic heterocycles. The molecule has 1 N–H and O–H groups in total. The minimum Gasteiger partial charge on any atom is -0.410 e.